The lowest BCUT2D eigenvalue weighted by Gasteiger charge is -2.35. The van der Waals surface area contributed by atoms with Gasteiger partial charge in [0.1, 0.15) is 25.4 Å². The van der Waals surface area contributed by atoms with Gasteiger partial charge in [-0.05, 0) is 95.2 Å². The van der Waals surface area contributed by atoms with Gasteiger partial charge >= 0.3 is 0 Å². The van der Waals surface area contributed by atoms with Crippen molar-refractivity contribution in [2.45, 2.75) is 341 Å². The molecule has 0 saturated carbocycles. The number of hydrogen-bond acceptors (Lipinski definition) is 8. The summed E-state index contributed by atoms with van der Waals surface area (Å²) in [4.78, 5) is 2.17. The van der Waals surface area contributed by atoms with Gasteiger partial charge in [-0.3, -0.25) is 0 Å². The van der Waals surface area contributed by atoms with Crippen molar-refractivity contribution in [3.8, 4) is 0 Å². The molecular weight excluding hydrogens is 1070 g/mol. The van der Waals surface area contributed by atoms with Crippen LogP contribution < -0.4 is 26.6 Å². The summed E-state index contributed by atoms with van der Waals surface area (Å²) in [5, 5.41) is 18.6. The van der Waals surface area contributed by atoms with E-state index in [0.717, 1.165) is 58.4 Å². The Morgan fingerprint density at radius 2 is 0.487 bits per heavy atom. The van der Waals surface area contributed by atoms with Gasteiger partial charge in [-0.1, -0.05) is 310 Å². The first kappa shape index (κ1) is 78.7. The third-order valence-electron chi connectivity index (χ3n) is 15.8. The van der Waals surface area contributed by atoms with Crippen LogP contribution in [0.3, 0.4) is 0 Å². The normalized spacial score (nSPS) is 11.5. The molecule has 0 aromatic carbocycles. The molecular formula is C67H134N6O3S4. The molecule has 0 aliphatic heterocycles. The fourth-order valence-electron chi connectivity index (χ4n) is 10.5. The largest absolute Gasteiger partial charge is 0.468 e. The van der Waals surface area contributed by atoms with Crippen LogP contribution in [-0.2, 0) is 14.2 Å². The maximum atomic E-state index is 6.33. The van der Waals surface area contributed by atoms with E-state index in [1.54, 1.807) is 0 Å². The van der Waals surface area contributed by atoms with Gasteiger partial charge in [-0.25, -0.2) is 0 Å². The van der Waals surface area contributed by atoms with Crippen LogP contribution in [0.2, 0.25) is 0 Å². The van der Waals surface area contributed by atoms with Gasteiger partial charge in [0, 0.05) is 26.2 Å². The molecule has 0 aromatic rings. The first-order chi connectivity index (χ1) is 39.2. The quantitative estimate of drug-likeness (QED) is 0.0296. The highest BCUT2D eigenvalue weighted by atomic mass is 32.1. The molecule has 0 atom stereocenters. The van der Waals surface area contributed by atoms with Gasteiger partial charge < -0.3 is 45.7 Å². The van der Waals surface area contributed by atoms with Crippen LogP contribution in [0.1, 0.15) is 335 Å². The van der Waals surface area contributed by atoms with Crippen molar-refractivity contribution >= 4 is 69.5 Å². The molecule has 13 heteroatoms. The molecule has 0 aromatic heterocycles. The summed E-state index contributed by atoms with van der Waals surface area (Å²) >= 11 is 23.2. The molecule has 0 bridgehead atoms. The predicted molar refractivity (Wildman–Crippen MR) is 368 cm³/mol. The van der Waals surface area contributed by atoms with Gasteiger partial charge in [-0.15, -0.1) is 0 Å². The van der Waals surface area contributed by atoms with Crippen molar-refractivity contribution in [3.63, 3.8) is 0 Å². The first-order valence-corrected chi connectivity index (χ1v) is 36.2. The maximum Gasteiger partial charge on any atom is 0.256 e. The summed E-state index contributed by atoms with van der Waals surface area (Å²) in [5.41, 5.74) is -0.953. The molecule has 0 aliphatic rings. The van der Waals surface area contributed by atoms with Crippen LogP contribution in [0.15, 0.2) is 0 Å². The minimum atomic E-state index is -0.953. The molecule has 9 nitrogen and oxygen atoms in total. The average molecular weight is 1200 g/mol. The number of nitrogens with one attached hydrogen (secondary N) is 5. The first-order valence-electron chi connectivity index (χ1n) is 34.6. The Balaban J connectivity index is 5.13. The smallest absolute Gasteiger partial charge is 0.256 e. The van der Waals surface area contributed by atoms with E-state index in [0.29, 0.717) is 20.6 Å². The lowest BCUT2D eigenvalue weighted by atomic mass is 10.0. The van der Waals surface area contributed by atoms with Gasteiger partial charge in [0.25, 0.3) is 15.5 Å². The second-order valence-electron chi connectivity index (χ2n) is 24.2. The second-order valence-corrected chi connectivity index (χ2v) is 25.8. The fourth-order valence-corrected chi connectivity index (χ4v) is 11.3. The molecule has 0 unspecified atom stereocenters. The molecule has 0 saturated heterocycles. The minimum absolute atomic E-state index is 0.140. The topological polar surface area (TPSA) is 91.1 Å². The fraction of sp³-hybridized carbons (Fsp3) is 0.940. The molecule has 0 aliphatic carbocycles. The lowest BCUT2D eigenvalue weighted by Crippen LogP contribution is -2.62. The van der Waals surface area contributed by atoms with Crippen molar-refractivity contribution in [1.82, 2.24) is 31.5 Å². The number of rotatable bonds is 62. The molecule has 0 radical (unpaired) electrons. The van der Waals surface area contributed by atoms with Gasteiger partial charge in [0.05, 0.1) is 0 Å². The standard InChI is InChI=1S/C67H134N6O3S4/c1-6-9-12-15-18-21-24-27-30-33-36-39-42-45-48-51-55-69-64(78)74-60-67(72-63(77)68-58-54-59-73(4)5,61-75-65(79)70-56-52-49-46-43-40-37-34-31-28-25-22-19-16-13-10-7-2)62-76-66(80)71-57-53-50-47-44-41-38-35-32-29-26-23-20-17-14-11-8-3/h6-62H2,1-5H3,(H,69,78)(H,70,79)(H,71,80)(H2,68,72,77). The molecule has 5 N–H and O–H groups in total. The second kappa shape index (κ2) is 63.7. The maximum absolute atomic E-state index is 6.33. The van der Waals surface area contributed by atoms with E-state index in [1.807, 2.05) is 0 Å². The zero-order chi connectivity index (χ0) is 58.3. The van der Waals surface area contributed by atoms with Gasteiger partial charge in [-0.2, -0.15) is 0 Å². The summed E-state index contributed by atoms with van der Waals surface area (Å²) in [6.45, 7) is 11.3. The monoisotopic (exact) mass is 1200 g/mol. The highest BCUT2D eigenvalue weighted by molar-refractivity contribution is 7.80. The van der Waals surface area contributed by atoms with Crippen molar-refractivity contribution in [3.05, 3.63) is 0 Å². The Labute approximate surface area is 519 Å². The molecule has 0 fully saturated rings. The Morgan fingerprint density at radius 3 is 0.700 bits per heavy atom. The van der Waals surface area contributed by atoms with E-state index in [4.69, 9.17) is 63.1 Å². The van der Waals surface area contributed by atoms with E-state index >= 15 is 0 Å². The van der Waals surface area contributed by atoms with Crippen LogP contribution in [0, 0.1) is 0 Å². The number of ether oxygens (including phenoxy) is 3. The molecule has 0 spiro atoms. The Morgan fingerprint density at radius 1 is 0.287 bits per heavy atom. The number of thiocarbonyl (C=S) groups is 4. The zero-order valence-electron chi connectivity index (χ0n) is 53.6. The number of nitrogens with zero attached hydrogens (tertiary/aromatic N) is 1. The van der Waals surface area contributed by atoms with Crippen LogP contribution in [-0.4, -0.2) is 97.7 Å². The third-order valence-corrected chi connectivity index (χ3v) is 16.8. The van der Waals surface area contributed by atoms with Crippen LogP contribution in [0.25, 0.3) is 0 Å². The molecule has 0 heterocycles. The molecule has 0 amide bonds. The minimum Gasteiger partial charge on any atom is -0.468 e. The van der Waals surface area contributed by atoms with E-state index in [-0.39, 0.29) is 19.8 Å². The zero-order valence-corrected chi connectivity index (χ0v) is 56.9. The molecule has 0 rings (SSSR count). The van der Waals surface area contributed by atoms with Gasteiger partial charge in [0.2, 0.25) is 0 Å². The van der Waals surface area contributed by atoms with Crippen molar-refractivity contribution in [1.29, 1.82) is 0 Å². The molecule has 474 valence electrons. The van der Waals surface area contributed by atoms with Gasteiger partial charge in [0.15, 0.2) is 5.11 Å². The van der Waals surface area contributed by atoms with Crippen molar-refractivity contribution in [2.24, 2.45) is 0 Å². The Hall–Kier alpha value is -1.28. The average Bonchev–Trinajstić information content (AvgIpc) is 3.48. The number of hydrogen-bond donors (Lipinski definition) is 5. The Bertz CT molecular complexity index is 1220. The van der Waals surface area contributed by atoms with Crippen molar-refractivity contribution in [2.75, 3.05) is 66.6 Å². The Kier molecular flexibility index (Phi) is 62.7. The van der Waals surface area contributed by atoms with Crippen molar-refractivity contribution < 1.29 is 14.2 Å². The highest BCUT2D eigenvalue weighted by Gasteiger charge is 2.36. The summed E-state index contributed by atoms with van der Waals surface area (Å²) in [5.74, 6) is 0. The lowest BCUT2D eigenvalue weighted by molar-refractivity contribution is 0.0684. The van der Waals surface area contributed by atoms with E-state index in [1.165, 1.54) is 289 Å². The van der Waals surface area contributed by atoms with E-state index in [2.05, 4.69) is 66.4 Å². The third kappa shape index (κ3) is 59.9. The van der Waals surface area contributed by atoms with Crippen LogP contribution >= 0.6 is 48.9 Å². The summed E-state index contributed by atoms with van der Waals surface area (Å²) in [6.07, 6.45) is 65.6. The summed E-state index contributed by atoms with van der Waals surface area (Å²) in [6, 6.07) is 0. The van der Waals surface area contributed by atoms with Crippen LogP contribution in [0.5, 0.6) is 0 Å². The van der Waals surface area contributed by atoms with Crippen LogP contribution in [0.4, 0.5) is 0 Å². The van der Waals surface area contributed by atoms with E-state index in [9.17, 15) is 0 Å². The van der Waals surface area contributed by atoms with E-state index < -0.39 is 5.54 Å². The summed E-state index contributed by atoms with van der Waals surface area (Å²) in [7, 11) is 4.17. The predicted octanol–water partition coefficient (Wildman–Crippen LogP) is 19.6. The number of unbranched alkanes of at least 4 members (excludes halogenated alkanes) is 45. The molecule has 80 heavy (non-hydrogen) atoms. The SMILES string of the molecule is CCCCCCCCCCCCCCCCCCNC(=S)OCC(COC(=S)NCCCCCCCCCCCCCCCCCC)(COC(=S)NCCCCCCCCCCCCCCCCCC)NC(=S)NCCCN(C)C. The summed E-state index contributed by atoms with van der Waals surface area (Å²) < 4.78 is 19.0. The highest BCUT2D eigenvalue weighted by Crippen LogP contribution is 2.18.